The second-order valence-corrected chi connectivity index (χ2v) is 7.44. The van der Waals surface area contributed by atoms with Crippen LogP contribution in [-0.4, -0.2) is 23.9 Å². The fourth-order valence-electron chi connectivity index (χ4n) is 2.98. The minimum atomic E-state index is -0.966. The van der Waals surface area contributed by atoms with Gasteiger partial charge in [-0.05, 0) is 73.4 Å². The number of ether oxygens (including phenoxy) is 2. The maximum Gasteiger partial charge on any atom is 0.335 e. The molecule has 0 saturated carbocycles. The SMILES string of the molecule is CCOc1cc(C=Nc2cccc(C)c2C)cc(Cl)c1OCc1ccc(C(=O)O)cc1. The summed E-state index contributed by atoms with van der Waals surface area (Å²) in [6, 6.07) is 16.1. The third-order valence-electron chi connectivity index (χ3n) is 4.84. The first-order valence-electron chi connectivity index (χ1n) is 9.90. The van der Waals surface area contributed by atoms with Gasteiger partial charge in [-0.3, -0.25) is 4.99 Å². The van der Waals surface area contributed by atoms with Crippen molar-refractivity contribution < 1.29 is 19.4 Å². The molecule has 3 rings (SSSR count). The van der Waals surface area contributed by atoms with Gasteiger partial charge in [-0.1, -0.05) is 35.9 Å². The van der Waals surface area contributed by atoms with E-state index in [2.05, 4.69) is 18.0 Å². The first-order valence-corrected chi connectivity index (χ1v) is 10.3. The largest absolute Gasteiger partial charge is 0.490 e. The Hall–Kier alpha value is -3.31. The topological polar surface area (TPSA) is 68.1 Å². The van der Waals surface area contributed by atoms with Crippen molar-refractivity contribution >= 4 is 29.5 Å². The van der Waals surface area contributed by atoms with Crippen LogP contribution in [0.4, 0.5) is 5.69 Å². The highest BCUT2D eigenvalue weighted by atomic mass is 35.5. The molecule has 0 heterocycles. The van der Waals surface area contributed by atoms with Crippen LogP contribution >= 0.6 is 11.6 Å². The molecule has 160 valence electrons. The summed E-state index contributed by atoms with van der Waals surface area (Å²) in [4.78, 5) is 15.6. The Kier molecular flexibility index (Phi) is 7.32. The van der Waals surface area contributed by atoms with Gasteiger partial charge in [0.1, 0.15) is 6.61 Å². The average Bonchev–Trinajstić information content (AvgIpc) is 2.74. The van der Waals surface area contributed by atoms with Gasteiger partial charge in [-0.2, -0.15) is 0 Å². The number of benzene rings is 3. The van der Waals surface area contributed by atoms with Gasteiger partial charge >= 0.3 is 5.97 Å². The van der Waals surface area contributed by atoms with E-state index < -0.39 is 5.97 Å². The molecule has 31 heavy (non-hydrogen) atoms. The van der Waals surface area contributed by atoms with Gasteiger partial charge in [0.25, 0.3) is 0 Å². The number of hydrogen-bond acceptors (Lipinski definition) is 4. The highest BCUT2D eigenvalue weighted by Gasteiger charge is 2.13. The number of aliphatic imine (C=N–C) groups is 1. The molecule has 0 fully saturated rings. The van der Waals surface area contributed by atoms with E-state index in [9.17, 15) is 4.79 Å². The van der Waals surface area contributed by atoms with Crippen molar-refractivity contribution in [2.75, 3.05) is 6.61 Å². The minimum absolute atomic E-state index is 0.226. The van der Waals surface area contributed by atoms with Gasteiger partial charge in [0.05, 0.1) is 22.9 Å². The van der Waals surface area contributed by atoms with Crippen molar-refractivity contribution in [2.24, 2.45) is 4.99 Å². The summed E-state index contributed by atoms with van der Waals surface area (Å²) in [6.45, 7) is 6.67. The van der Waals surface area contributed by atoms with Crippen LogP contribution in [0, 0.1) is 13.8 Å². The molecule has 0 spiro atoms. The molecular formula is C25H24ClNO4. The lowest BCUT2D eigenvalue weighted by Gasteiger charge is -2.14. The van der Waals surface area contributed by atoms with E-state index in [1.807, 2.05) is 32.0 Å². The molecule has 5 nitrogen and oxygen atoms in total. The minimum Gasteiger partial charge on any atom is -0.490 e. The van der Waals surface area contributed by atoms with E-state index in [1.165, 1.54) is 5.56 Å². The summed E-state index contributed by atoms with van der Waals surface area (Å²) in [5.41, 5.74) is 5.06. The average molecular weight is 438 g/mol. The number of aromatic carboxylic acids is 1. The van der Waals surface area contributed by atoms with Crippen LogP contribution in [0.5, 0.6) is 11.5 Å². The van der Waals surface area contributed by atoms with Crippen molar-refractivity contribution in [3.63, 3.8) is 0 Å². The third-order valence-corrected chi connectivity index (χ3v) is 5.13. The number of halogens is 1. The number of nitrogens with zero attached hydrogens (tertiary/aromatic N) is 1. The molecule has 0 unspecified atom stereocenters. The number of carbonyl (C=O) groups is 1. The Morgan fingerprint density at radius 3 is 2.52 bits per heavy atom. The van der Waals surface area contributed by atoms with Gasteiger partial charge in [-0.15, -0.1) is 0 Å². The van der Waals surface area contributed by atoms with Crippen molar-refractivity contribution in [3.8, 4) is 11.5 Å². The summed E-state index contributed by atoms with van der Waals surface area (Å²) in [5, 5.41) is 9.42. The van der Waals surface area contributed by atoms with Crippen LogP contribution in [0.25, 0.3) is 0 Å². The standard InChI is InChI=1S/C25H24ClNO4/c1-4-30-23-13-19(14-27-22-7-5-6-16(2)17(22)3)12-21(26)24(23)31-15-18-8-10-20(11-9-18)25(28)29/h5-14H,4,15H2,1-3H3,(H,28,29). The molecule has 0 amide bonds. The fraction of sp³-hybridized carbons (Fsp3) is 0.200. The Balaban J connectivity index is 1.82. The zero-order valence-corrected chi connectivity index (χ0v) is 18.4. The lowest BCUT2D eigenvalue weighted by molar-refractivity contribution is 0.0697. The lowest BCUT2D eigenvalue weighted by Crippen LogP contribution is -2.02. The third kappa shape index (κ3) is 5.64. The van der Waals surface area contributed by atoms with E-state index >= 15 is 0 Å². The zero-order chi connectivity index (χ0) is 22.4. The molecule has 0 aliphatic carbocycles. The maximum absolute atomic E-state index is 11.0. The molecule has 0 radical (unpaired) electrons. The number of aryl methyl sites for hydroxylation is 1. The molecule has 0 bridgehead atoms. The first-order chi connectivity index (χ1) is 14.9. The summed E-state index contributed by atoms with van der Waals surface area (Å²) < 4.78 is 11.7. The highest BCUT2D eigenvalue weighted by molar-refractivity contribution is 6.32. The highest BCUT2D eigenvalue weighted by Crippen LogP contribution is 2.37. The monoisotopic (exact) mass is 437 g/mol. The molecule has 0 aromatic heterocycles. The zero-order valence-electron chi connectivity index (χ0n) is 17.7. The number of hydrogen-bond donors (Lipinski definition) is 1. The number of carboxylic acids is 1. The van der Waals surface area contributed by atoms with Crippen molar-refractivity contribution in [3.05, 3.63) is 87.4 Å². The molecule has 3 aromatic rings. The van der Waals surface area contributed by atoms with Crippen LogP contribution in [-0.2, 0) is 6.61 Å². The summed E-state index contributed by atoms with van der Waals surface area (Å²) in [6.07, 6.45) is 1.75. The number of carboxylic acid groups (broad SMARTS) is 1. The molecule has 1 N–H and O–H groups in total. The Bertz CT molecular complexity index is 1110. The van der Waals surface area contributed by atoms with E-state index in [0.717, 1.165) is 22.4 Å². The van der Waals surface area contributed by atoms with Crippen molar-refractivity contribution in [1.29, 1.82) is 0 Å². The molecule has 6 heteroatoms. The Morgan fingerprint density at radius 2 is 1.84 bits per heavy atom. The van der Waals surface area contributed by atoms with Crippen LogP contribution in [0.1, 0.15) is 39.5 Å². The van der Waals surface area contributed by atoms with E-state index in [4.69, 9.17) is 26.2 Å². The van der Waals surface area contributed by atoms with Gasteiger partial charge < -0.3 is 14.6 Å². The van der Waals surface area contributed by atoms with Crippen molar-refractivity contribution in [1.82, 2.24) is 0 Å². The van der Waals surface area contributed by atoms with Crippen LogP contribution < -0.4 is 9.47 Å². The van der Waals surface area contributed by atoms with E-state index in [1.54, 1.807) is 36.5 Å². The second-order valence-electron chi connectivity index (χ2n) is 7.03. The quantitative estimate of drug-likeness (QED) is 0.415. The summed E-state index contributed by atoms with van der Waals surface area (Å²) in [7, 11) is 0. The predicted molar refractivity (Wildman–Crippen MR) is 124 cm³/mol. The maximum atomic E-state index is 11.0. The molecule has 0 aliphatic heterocycles. The second kappa shape index (κ2) is 10.1. The van der Waals surface area contributed by atoms with Crippen LogP contribution in [0.2, 0.25) is 5.02 Å². The Labute approximate surface area is 186 Å². The van der Waals surface area contributed by atoms with E-state index in [-0.39, 0.29) is 12.2 Å². The summed E-state index contributed by atoms with van der Waals surface area (Å²) in [5.74, 6) is 0.00143. The molecule has 0 atom stereocenters. The molecular weight excluding hydrogens is 414 g/mol. The fourth-order valence-corrected chi connectivity index (χ4v) is 3.26. The smallest absolute Gasteiger partial charge is 0.335 e. The Morgan fingerprint density at radius 1 is 1.10 bits per heavy atom. The van der Waals surface area contributed by atoms with Crippen molar-refractivity contribution in [2.45, 2.75) is 27.4 Å². The van der Waals surface area contributed by atoms with Crippen LogP contribution in [0.15, 0.2) is 59.6 Å². The number of rotatable bonds is 8. The lowest BCUT2D eigenvalue weighted by atomic mass is 10.1. The molecule has 0 saturated heterocycles. The van der Waals surface area contributed by atoms with Crippen LogP contribution in [0.3, 0.4) is 0 Å². The first kappa shape index (κ1) is 22.4. The van der Waals surface area contributed by atoms with Gasteiger partial charge in [-0.25, -0.2) is 4.79 Å². The van der Waals surface area contributed by atoms with E-state index in [0.29, 0.717) is 23.1 Å². The predicted octanol–water partition coefficient (Wildman–Crippen LogP) is 6.38. The summed E-state index contributed by atoms with van der Waals surface area (Å²) >= 11 is 6.50. The van der Waals surface area contributed by atoms with Gasteiger partial charge in [0.2, 0.25) is 0 Å². The van der Waals surface area contributed by atoms with Gasteiger partial charge in [0.15, 0.2) is 11.5 Å². The normalized spacial score (nSPS) is 11.0. The molecule has 0 aliphatic rings. The molecule has 3 aromatic carbocycles. The van der Waals surface area contributed by atoms with Gasteiger partial charge in [0, 0.05) is 6.21 Å².